The third kappa shape index (κ3) is 5.71. The fourth-order valence-corrected chi connectivity index (χ4v) is 1.81. The van der Waals surface area contributed by atoms with Crippen molar-refractivity contribution in [1.29, 1.82) is 0 Å². The van der Waals surface area contributed by atoms with E-state index in [1.54, 1.807) is 6.08 Å². The van der Waals surface area contributed by atoms with Crippen LogP contribution in [0.15, 0.2) is 36.4 Å². The molecule has 0 aromatic heterocycles. The SMILES string of the molecule is CC(C)(C)C(CCO)NC(=O)/C=C/c1ccccc1. The minimum Gasteiger partial charge on any atom is -0.396 e. The van der Waals surface area contributed by atoms with Crippen molar-refractivity contribution in [2.24, 2.45) is 5.41 Å². The zero-order valence-electron chi connectivity index (χ0n) is 11.9. The zero-order chi connectivity index (χ0) is 14.3. The van der Waals surface area contributed by atoms with Crippen molar-refractivity contribution in [3.63, 3.8) is 0 Å². The molecule has 3 heteroatoms. The highest BCUT2D eigenvalue weighted by Crippen LogP contribution is 2.21. The summed E-state index contributed by atoms with van der Waals surface area (Å²) in [5.41, 5.74) is 0.922. The number of aliphatic hydroxyl groups excluding tert-OH is 1. The standard InChI is InChI=1S/C16H23NO2/c1-16(2,3)14(11-12-18)17-15(19)10-9-13-7-5-4-6-8-13/h4-10,14,18H,11-12H2,1-3H3,(H,17,19)/b10-9+. The van der Waals surface area contributed by atoms with Crippen molar-refractivity contribution < 1.29 is 9.90 Å². The molecule has 0 spiro atoms. The average Bonchev–Trinajstić information content (AvgIpc) is 2.36. The van der Waals surface area contributed by atoms with Crippen molar-refractivity contribution >= 4 is 12.0 Å². The topological polar surface area (TPSA) is 49.3 Å². The first kappa shape index (κ1) is 15.4. The second kappa shape index (κ2) is 7.10. The summed E-state index contributed by atoms with van der Waals surface area (Å²) in [4.78, 5) is 11.9. The van der Waals surface area contributed by atoms with Gasteiger partial charge in [0.15, 0.2) is 0 Å². The van der Waals surface area contributed by atoms with Gasteiger partial charge in [0.05, 0.1) is 0 Å². The first-order chi connectivity index (χ1) is 8.93. The van der Waals surface area contributed by atoms with E-state index in [0.29, 0.717) is 6.42 Å². The maximum Gasteiger partial charge on any atom is 0.244 e. The maximum absolute atomic E-state index is 11.9. The predicted molar refractivity (Wildman–Crippen MR) is 78.6 cm³/mol. The lowest BCUT2D eigenvalue weighted by molar-refractivity contribution is -0.118. The molecular weight excluding hydrogens is 238 g/mol. The molecule has 1 unspecified atom stereocenters. The number of amides is 1. The van der Waals surface area contributed by atoms with Gasteiger partial charge in [0.25, 0.3) is 0 Å². The van der Waals surface area contributed by atoms with Gasteiger partial charge in [-0.3, -0.25) is 4.79 Å². The third-order valence-electron chi connectivity index (χ3n) is 3.01. The predicted octanol–water partition coefficient (Wildman–Crippen LogP) is 2.61. The highest BCUT2D eigenvalue weighted by atomic mass is 16.3. The number of carbonyl (C=O) groups excluding carboxylic acids is 1. The van der Waals surface area contributed by atoms with Gasteiger partial charge in [-0.15, -0.1) is 0 Å². The molecule has 0 heterocycles. The van der Waals surface area contributed by atoms with Crippen molar-refractivity contribution in [2.45, 2.75) is 33.2 Å². The van der Waals surface area contributed by atoms with Crippen LogP contribution in [-0.4, -0.2) is 23.7 Å². The lowest BCUT2D eigenvalue weighted by atomic mass is 9.85. The summed E-state index contributed by atoms with van der Waals surface area (Å²) in [7, 11) is 0. The highest BCUT2D eigenvalue weighted by molar-refractivity contribution is 5.91. The van der Waals surface area contributed by atoms with Gasteiger partial charge in [0.2, 0.25) is 5.91 Å². The van der Waals surface area contributed by atoms with Gasteiger partial charge in [-0.05, 0) is 23.5 Å². The van der Waals surface area contributed by atoms with Crippen molar-refractivity contribution in [1.82, 2.24) is 5.32 Å². The summed E-state index contributed by atoms with van der Waals surface area (Å²) >= 11 is 0. The number of nitrogens with one attached hydrogen (secondary N) is 1. The molecule has 1 aromatic carbocycles. The van der Waals surface area contributed by atoms with Crippen LogP contribution < -0.4 is 5.32 Å². The molecule has 1 aromatic rings. The minimum atomic E-state index is -0.128. The molecule has 0 saturated heterocycles. The molecule has 1 rings (SSSR count). The van der Waals surface area contributed by atoms with Gasteiger partial charge in [-0.25, -0.2) is 0 Å². The van der Waals surface area contributed by atoms with Gasteiger partial charge in [0, 0.05) is 18.7 Å². The molecule has 0 bridgehead atoms. The average molecular weight is 261 g/mol. The fourth-order valence-electron chi connectivity index (χ4n) is 1.81. The molecule has 2 N–H and O–H groups in total. The summed E-state index contributed by atoms with van der Waals surface area (Å²) in [6, 6.07) is 9.65. The number of rotatable bonds is 5. The van der Waals surface area contributed by atoms with E-state index in [-0.39, 0.29) is 24.0 Å². The van der Waals surface area contributed by atoms with E-state index < -0.39 is 0 Å². The molecule has 3 nitrogen and oxygen atoms in total. The van der Waals surface area contributed by atoms with Crippen LogP contribution in [0.1, 0.15) is 32.8 Å². The Bertz CT molecular complexity index is 418. The molecule has 0 aliphatic carbocycles. The van der Waals surface area contributed by atoms with Gasteiger partial charge < -0.3 is 10.4 Å². The first-order valence-corrected chi connectivity index (χ1v) is 6.58. The van der Waals surface area contributed by atoms with E-state index in [9.17, 15) is 4.79 Å². The number of hydrogen-bond donors (Lipinski definition) is 2. The Morgan fingerprint density at radius 3 is 2.47 bits per heavy atom. The number of hydrogen-bond acceptors (Lipinski definition) is 2. The van der Waals surface area contributed by atoms with E-state index in [2.05, 4.69) is 26.1 Å². The molecule has 104 valence electrons. The smallest absolute Gasteiger partial charge is 0.244 e. The molecule has 0 aliphatic heterocycles. The van der Waals surface area contributed by atoms with Crippen LogP contribution in [-0.2, 0) is 4.79 Å². The fraction of sp³-hybridized carbons (Fsp3) is 0.438. The van der Waals surface area contributed by atoms with Gasteiger partial charge in [-0.1, -0.05) is 51.1 Å². The number of benzene rings is 1. The van der Waals surface area contributed by atoms with Crippen LogP contribution in [0.3, 0.4) is 0 Å². The number of aliphatic hydroxyl groups is 1. The Morgan fingerprint density at radius 1 is 1.32 bits per heavy atom. The second-order valence-electron chi connectivity index (χ2n) is 5.68. The molecular formula is C16H23NO2. The normalized spacial score (nSPS) is 13.5. The van der Waals surface area contributed by atoms with Crippen LogP contribution >= 0.6 is 0 Å². The minimum absolute atomic E-state index is 0.0366. The molecule has 1 atom stereocenters. The molecule has 1 amide bonds. The summed E-state index contributed by atoms with van der Waals surface area (Å²) < 4.78 is 0. The van der Waals surface area contributed by atoms with Crippen LogP contribution in [0.4, 0.5) is 0 Å². The Kier molecular flexibility index (Phi) is 5.77. The van der Waals surface area contributed by atoms with E-state index in [1.807, 2.05) is 30.3 Å². The van der Waals surface area contributed by atoms with Crippen LogP contribution in [0.2, 0.25) is 0 Å². The van der Waals surface area contributed by atoms with Gasteiger partial charge in [-0.2, -0.15) is 0 Å². The summed E-state index contributed by atoms with van der Waals surface area (Å²) in [5, 5.41) is 12.0. The number of carbonyl (C=O) groups is 1. The van der Waals surface area contributed by atoms with Crippen LogP contribution in [0.5, 0.6) is 0 Å². The van der Waals surface area contributed by atoms with E-state index in [0.717, 1.165) is 5.56 Å². The van der Waals surface area contributed by atoms with E-state index in [4.69, 9.17) is 5.11 Å². The van der Waals surface area contributed by atoms with Crippen molar-refractivity contribution in [3.05, 3.63) is 42.0 Å². The molecule has 0 radical (unpaired) electrons. The molecule has 0 aliphatic rings. The third-order valence-corrected chi connectivity index (χ3v) is 3.01. The van der Waals surface area contributed by atoms with Crippen molar-refractivity contribution in [2.75, 3.05) is 6.61 Å². The summed E-state index contributed by atoms with van der Waals surface area (Å²) in [5.74, 6) is -0.128. The first-order valence-electron chi connectivity index (χ1n) is 6.58. The molecule has 0 fully saturated rings. The van der Waals surface area contributed by atoms with Gasteiger partial charge >= 0.3 is 0 Å². The Labute approximate surface area is 115 Å². The Hall–Kier alpha value is -1.61. The zero-order valence-corrected chi connectivity index (χ0v) is 11.9. The van der Waals surface area contributed by atoms with Crippen LogP contribution in [0, 0.1) is 5.41 Å². The Balaban J connectivity index is 2.61. The molecule has 19 heavy (non-hydrogen) atoms. The van der Waals surface area contributed by atoms with E-state index in [1.165, 1.54) is 6.08 Å². The largest absolute Gasteiger partial charge is 0.396 e. The summed E-state index contributed by atoms with van der Waals surface area (Å²) in [6.07, 6.45) is 3.88. The van der Waals surface area contributed by atoms with Crippen molar-refractivity contribution in [3.8, 4) is 0 Å². The quantitative estimate of drug-likeness (QED) is 0.800. The highest BCUT2D eigenvalue weighted by Gasteiger charge is 2.24. The monoisotopic (exact) mass is 261 g/mol. The summed E-state index contributed by atoms with van der Waals surface area (Å²) in [6.45, 7) is 6.22. The lowest BCUT2D eigenvalue weighted by Crippen LogP contribution is -2.43. The van der Waals surface area contributed by atoms with Gasteiger partial charge in [0.1, 0.15) is 0 Å². The van der Waals surface area contributed by atoms with E-state index >= 15 is 0 Å². The lowest BCUT2D eigenvalue weighted by Gasteiger charge is -2.30. The second-order valence-corrected chi connectivity index (χ2v) is 5.68. The maximum atomic E-state index is 11.9. The van der Waals surface area contributed by atoms with Crippen LogP contribution in [0.25, 0.3) is 6.08 Å². The Morgan fingerprint density at radius 2 is 1.95 bits per heavy atom. The molecule has 0 saturated carbocycles.